The summed E-state index contributed by atoms with van der Waals surface area (Å²) in [7, 11) is 0. The molecule has 3 nitrogen and oxygen atoms in total. The summed E-state index contributed by atoms with van der Waals surface area (Å²) in [6.07, 6.45) is 2.67. The SMILES string of the molecule is NC1CCCC1C(=O)c1cc2cc(F)ccc2o1. The summed E-state index contributed by atoms with van der Waals surface area (Å²) in [5, 5.41) is 0.616. The van der Waals surface area contributed by atoms with Crippen molar-refractivity contribution in [1.29, 1.82) is 0 Å². The van der Waals surface area contributed by atoms with Gasteiger partial charge in [0.25, 0.3) is 0 Å². The number of furan rings is 1. The molecular formula is C14H14FNO2. The fraction of sp³-hybridized carbons (Fsp3) is 0.357. The van der Waals surface area contributed by atoms with Gasteiger partial charge in [-0.1, -0.05) is 6.42 Å². The van der Waals surface area contributed by atoms with E-state index in [1.807, 2.05) is 0 Å². The van der Waals surface area contributed by atoms with Crippen molar-refractivity contribution >= 4 is 16.8 Å². The molecule has 94 valence electrons. The van der Waals surface area contributed by atoms with Crippen molar-refractivity contribution in [3.05, 3.63) is 35.8 Å². The van der Waals surface area contributed by atoms with Gasteiger partial charge < -0.3 is 10.2 Å². The minimum atomic E-state index is -0.333. The molecule has 2 N–H and O–H groups in total. The predicted molar refractivity (Wildman–Crippen MR) is 65.8 cm³/mol. The first-order valence-corrected chi connectivity index (χ1v) is 6.14. The van der Waals surface area contributed by atoms with Gasteiger partial charge in [-0.3, -0.25) is 4.79 Å². The summed E-state index contributed by atoms with van der Waals surface area (Å²) < 4.78 is 18.5. The smallest absolute Gasteiger partial charge is 0.202 e. The lowest BCUT2D eigenvalue weighted by Gasteiger charge is -2.11. The van der Waals surface area contributed by atoms with Gasteiger partial charge in [-0.05, 0) is 37.1 Å². The Labute approximate surface area is 104 Å². The minimum absolute atomic E-state index is 0.0587. The van der Waals surface area contributed by atoms with Gasteiger partial charge in [0, 0.05) is 17.3 Å². The number of Topliss-reactive ketones (excluding diaryl/α,β-unsaturated/α-hetero) is 1. The van der Waals surface area contributed by atoms with E-state index in [9.17, 15) is 9.18 Å². The van der Waals surface area contributed by atoms with Crippen molar-refractivity contribution in [2.24, 2.45) is 11.7 Å². The topological polar surface area (TPSA) is 56.2 Å². The summed E-state index contributed by atoms with van der Waals surface area (Å²) in [4.78, 5) is 12.2. The molecular weight excluding hydrogens is 233 g/mol. The normalized spacial score (nSPS) is 23.7. The maximum atomic E-state index is 13.1. The Hall–Kier alpha value is -1.68. The molecule has 2 atom stereocenters. The van der Waals surface area contributed by atoms with Gasteiger partial charge >= 0.3 is 0 Å². The maximum Gasteiger partial charge on any atom is 0.202 e. The zero-order valence-corrected chi connectivity index (χ0v) is 9.86. The number of rotatable bonds is 2. The second kappa shape index (κ2) is 4.21. The Kier molecular flexibility index (Phi) is 2.67. The van der Waals surface area contributed by atoms with Crippen LogP contribution in [0.3, 0.4) is 0 Å². The molecule has 1 aromatic carbocycles. The largest absolute Gasteiger partial charge is 0.453 e. The van der Waals surface area contributed by atoms with Crippen LogP contribution in [0.15, 0.2) is 28.7 Å². The average molecular weight is 247 g/mol. The molecule has 1 aliphatic rings. The first kappa shape index (κ1) is 11.4. The number of carbonyl (C=O) groups is 1. The van der Waals surface area contributed by atoms with E-state index in [1.165, 1.54) is 18.2 Å². The molecule has 1 aromatic heterocycles. The third kappa shape index (κ3) is 1.82. The van der Waals surface area contributed by atoms with Crippen LogP contribution < -0.4 is 5.73 Å². The molecule has 3 rings (SSSR count). The van der Waals surface area contributed by atoms with Gasteiger partial charge in [-0.15, -0.1) is 0 Å². The molecule has 1 aliphatic carbocycles. The number of benzene rings is 1. The number of hydrogen-bond donors (Lipinski definition) is 1. The second-order valence-corrected chi connectivity index (χ2v) is 4.86. The van der Waals surface area contributed by atoms with Crippen molar-refractivity contribution in [2.75, 3.05) is 0 Å². The summed E-state index contributed by atoms with van der Waals surface area (Å²) in [5.74, 6) is -0.259. The molecule has 2 aromatic rings. The van der Waals surface area contributed by atoms with E-state index in [0.29, 0.717) is 11.0 Å². The van der Waals surface area contributed by atoms with E-state index in [2.05, 4.69) is 0 Å². The highest BCUT2D eigenvalue weighted by Gasteiger charge is 2.32. The summed E-state index contributed by atoms with van der Waals surface area (Å²) in [6.45, 7) is 0. The fourth-order valence-electron chi connectivity index (χ4n) is 2.63. The zero-order valence-electron chi connectivity index (χ0n) is 9.86. The van der Waals surface area contributed by atoms with Crippen LogP contribution in [0.2, 0.25) is 0 Å². The van der Waals surface area contributed by atoms with Crippen LogP contribution in [0.4, 0.5) is 4.39 Å². The third-order valence-corrected chi connectivity index (χ3v) is 3.63. The molecule has 0 saturated heterocycles. The number of fused-ring (bicyclic) bond motifs is 1. The zero-order chi connectivity index (χ0) is 12.7. The number of hydrogen-bond acceptors (Lipinski definition) is 3. The Bertz CT molecular complexity index is 605. The van der Waals surface area contributed by atoms with Gasteiger partial charge in [0.2, 0.25) is 5.78 Å². The fourth-order valence-corrected chi connectivity index (χ4v) is 2.63. The van der Waals surface area contributed by atoms with Crippen LogP contribution >= 0.6 is 0 Å². The van der Waals surface area contributed by atoms with Crippen LogP contribution in [0.25, 0.3) is 11.0 Å². The van der Waals surface area contributed by atoms with Crippen LogP contribution in [-0.4, -0.2) is 11.8 Å². The Morgan fingerprint density at radius 1 is 1.33 bits per heavy atom. The van der Waals surface area contributed by atoms with E-state index in [1.54, 1.807) is 6.07 Å². The van der Waals surface area contributed by atoms with Gasteiger partial charge in [0.05, 0.1) is 0 Å². The molecule has 0 aliphatic heterocycles. The molecule has 0 radical (unpaired) electrons. The number of halogens is 1. The van der Waals surface area contributed by atoms with Crippen molar-refractivity contribution in [3.8, 4) is 0 Å². The summed E-state index contributed by atoms with van der Waals surface area (Å²) in [6, 6.07) is 5.75. The van der Waals surface area contributed by atoms with E-state index >= 15 is 0 Å². The highest BCUT2D eigenvalue weighted by Crippen LogP contribution is 2.29. The molecule has 1 fully saturated rings. The molecule has 2 unspecified atom stereocenters. The molecule has 0 amide bonds. The average Bonchev–Trinajstić information content (AvgIpc) is 2.93. The Morgan fingerprint density at radius 3 is 2.89 bits per heavy atom. The van der Waals surface area contributed by atoms with Crippen LogP contribution in [-0.2, 0) is 0 Å². The van der Waals surface area contributed by atoms with Crippen molar-refractivity contribution < 1.29 is 13.6 Å². The highest BCUT2D eigenvalue weighted by molar-refractivity contribution is 5.99. The van der Waals surface area contributed by atoms with Gasteiger partial charge in [-0.25, -0.2) is 4.39 Å². The number of ketones is 1. The lowest BCUT2D eigenvalue weighted by Crippen LogP contribution is -2.30. The first-order chi connectivity index (χ1) is 8.65. The quantitative estimate of drug-likeness (QED) is 0.830. The van der Waals surface area contributed by atoms with E-state index in [-0.39, 0.29) is 29.3 Å². The van der Waals surface area contributed by atoms with E-state index < -0.39 is 0 Å². The van der Waals surface area contributed by atoms with Crippen molar-refractivity contribution in [3.63, 3.8) is 0 Å². The molecule has 1 heterocycles. The summed E-state index contributed by atoms with van der Waals surface area (Å²) in [5.41, 5.74) is 6.45. The summed E-state index contributed by atoms with van der Waals surface area (Å²) >= 11 is 0. The predicted octanol–water partition coefficient (Wildman–Crippen LogP) is 2.88. The van der Waals surface area contributed by atoms with Gasteiger partial charge in [0.15, 0.2) is 5.76 Å². The van der Waals surface area contributed by atoms with E-state index in [0.717, 1.165) is 19.3 Å². The molecule has 0 bridgehead atoms. The third-order valence-electron chi connectivity index (χ3n) is 3.63. The van der Waals surface area contributed by atoms with Gasteiger partial charge in [-0.2, -0.15) is 0 Å². The van der Waals surface area contributed by atoms with E-state index in [4.69, 9.17) is 10.2 Å². The monoisotopic (exact) mass is 247 g/mol. The van der Waals surface area contributed by atoms with Crippen molar-refractivity contribution in [2.45, 2.75) is 25.3 Å². The lowest BCUT2D eigenvalue weighted by molar-refractivity contribution is 0.0887. The Balaban J connectivity index is 1.96. The molecule has 4 heteroatoms. The van der Waals surface area contributed by atoms with Crippen LogP contribution in [0, 0.1) is 11.7 Å². The molecule has 1 saturated carbocycles. The number of nitrogens with two attached hydrogens (primary N) is 1. The van der Waals surface area contributed by atoms with Crippen LogP contribution in [0.1, 0.15) is 29.8 Å². The van der Waals surface area contributed by atoms with Crippen LogP contribution in [0.5, 0.6) is 0 Å². The maximum absolute atomic E-state index is 13.1. The number of carbonyl (C=O) groups excluding carboxylic acids is 1. The minimum Gasteiger partial charge on any atom is -0.453 e. The second-order valence-electron chi connectivity index (χ2n) is 4.86. The lowest BCUT2D eigenvalue weighted by atomic mass is 9.97. The molecule has 18 heavy (non-hydrogen) atoms. The highest BCUT2D eigenvalue weighted by atomic mass is 19.1. The Morgan fingerprint density at radius 2 is 2.17 bits per heavy atom. The standard InChI is InChI=1S/C14H14FNO2/c15-9-4-5-12-8(6-9)7-13(18-12)14(17)10-2-1-3-11(10)16/h4-7,10-11H,1-3,16H2. The molecule has 0 spiro atoms. The van der Waals surface area contributed by atoms with Gasteiger partial charge in [0.1, 0.15) is 11.4 Å². The van der Waals surface area contributed by atoms with Crippen molar-refractivity contribution in [1.82, 2.24) is 0 Å². The first-order valence-electron chi connectivity index (χ1n) is 6.14.